The van der Waals surface area contributed by atoms with E-state index in [1.807, 2.05) is 24.3 Å². The lowest BCUT2D eigenvalue weighted by atomic mass is 10.1. The molecule has 92 valence electrons. The van der Waals surface area contributed by atoms with Crippen molar-refractivity contribution < 1.29 is 9.53 Å². The molecule has 0 radical (unpaired) electrons. The number of hydrogen-bond acceptors (Lipinski definition) is 3. The molecule has 0 amide bonds. The molecule has 0 saturated carbocycles. The molecule has 0 atom stereocenters. The van der Waals surface area contributed by atoms with Crippen LogP contribution in [0.25, 0.3) is 10.4 Å². The van der Waals surface area contributed by atoms with Gasteiger partial charge >= 0.3 is 0 Å². The van der Waals surface area contributed by atoms with Gasteiger partial charge in [0.1, 0.15) is 5.75 Å². The molecule has 1 aliphatic heterocycles. The predicted molar refractivity (Wildman–Crippen MR) is 80.0 cm³/mol. The molecule has 0 spiro atoms. The monoisotopic (exact) mass is 340 g/mol. The normalized spacial score (nSPS) is 13.2. The summed E-state index contributed by atoms with van der Waals surface area (Å²) in [5, 5.41) is -0.173. The van der Waals surface area contributed by atoms with Gasteiger partial charge in [-0.1, -0.05) is 28.6 Å². The van der Waals surface area contributed by atoms with Crippen molar-refractivity contribution in [1.82, 2.24) is 0 Å². The molecular weight excluding hydrogens is 332 g/mol. The van der Waals surface area contributed by atoms with Crippen LogP contribution < -0.4 is 4.74 Å². The molecule has 1 aromatic heterocycles. The van der Waals surface area contributed by atoms with E-state index in [1.165, 1.54) is 16.9 Å². The fourth-order valence-electron chi connectivity index (χ4n) is 2.02. The Kier molecular flexibility index (Phi) is 3.21. The fraction of sp³-hybridized carbons (Fsp3) is 0.154. The summed E-state index contributed by atoms with van der Waals surface area (Å²) in [5.74, 6) is 0.864. The van der Waals surface area contributed by atoms with Crippen LogP contribution in [-0.2, 0) is 6.42 Å². The Bertz CT molecular complexity index is 634. The zero-order valence-corrected chi connectivity index (χ0v) is 12.6. The quantitative estimate of drug-likeness (QED) is 0.788. The van der Waals surface area contributed by atoms with Gasteiger partial charge in [0, 0.05) is 21.3 Å². The number of ether oxygens (including phenoxy) is 1. The number of fused-ring (bicyclic) bond motifs is 3. The van der Waals surface area contributed by atoms with Gasteiger partial charge in [0.25, 0.3) is 0 Å². The number of carbonyl (C=O) groups excluding carboxylic acids is 1. The highest BCUT2D eigenvalue weighted by molar-refractivity contribution is 9.10. The summed E-state index contributed by atoms with van der Waals surface area (Å²) in [6.07, 6.45) is 0.819. The first kappa shape index (κ1) is 12.3. The highest BCUT2D eigenvalue weighted by atomic mass is 79.9. The molecule has 0 bridgehead atoms. The van der Waals surface area contributed by atoms with Crippen molar-refractivity contribution in [3.05, 3.63) is 39.2 Å². The lowest BCUT2D eigenvalue weighted by molar-refractivity contribution is 0.109. The molecule has 1 aromatic carbocycles. The summed E-state index contributed by atoms with van der Waals surface area (Å²) < 4.78 is 6.74. The van der Waals surface area contributed by atoms with Crippen molar-refractivity contribution in [3.8, 4) is 16.2 Å². The molecule has 0 fully saturated rings. The van der Waals surface area contributed by atoms with Crippen LogP contribution in [0.2, 0.25) is 0 Å². The maximum Gasteiger partial charge on any atom is 0.226 e. The van der Waals surface area contributed by atoms with Crippen LogP contribution >= 0.6 is 39.9 Å². The van der Waals surface area contributed by atoms with Crippen LogP contribution in [0.5, 0.6) is 5.75 Å². The second-order valence-electron chi connectivity index (χ2n) is 4.01. The van der Waals surface area contributed by atoms with Crippen LogP contribution in [-0.4, -0.2) is 11.7 Å². The number of benzene rings is 1. The van der Waals surface area contributed by atoms with Gasteiger partial charge in [0.15, 0.2) is 0 Å². The van der Waals surface area contributed by atoms with E-state index < -0.39 is 0 Å². The van der Waals surface area contributed by atoms with Crippen LogP contribution in [0.15, 0.2) is 28.7 Å². The average molecular weight is 341 g/mol. The molecule has 0 N–H and O–H groups in total. The molecule has 0 aliphatic carbocycles. The van der Waals surface area contributed by atoms with Gasteiger partial charge in [-0.25, -0.2) is 0 Å². The van der Waals surface area contributed by atoms with Gasteiger partial charge in [-0.3, -0.25) is 4.79 Å². The van der Waals surface area contributed by atoms with Gasteiger partial charge in [0.2, 0.25) is 5.12 Å². The third kappa shape index (κ3) is 2.11. The molecule has 2 aromatic rings. The van der Waals surface area contributed by atoms with Crippen molar-refractivity contribution in [2.75, 3.05) is 6.61 Å². The number of rotatable bonds is 1. The Hall–Kier alpha value is -0.780. The minimum absolute atomic E-state index is 0.173. The van der Waals surface area contributed by atoms with Gasteiger partial charge in [0.05, 0.1) is 11.5 Å². The predicted octanol–water partition coefficient (Wildman–Crippen LogP) is 4.18. The van der Waals surface area contributed by atoms with Crippen LogP contribution in [0, 0.1) is 0 Å². The largest absolute Gasteiger partial charge is 0.493 e. The lowest BCUT2D eigenvalue weighted by Gasteiger charge is -2.07. The van der Waals surface area contributed by atoms with Crippen molar-refractivity contribution in [2.24, 2.45) is 0 Å². The van der Waals surface area contributed by atoms with Gasteiger partial charge < -0.3 is 4.74 Å². The first-order valence-electron chi connectivity index (χ1n) is 5.44. The summed E-state index contributed by atoms with van der Waals surface area (Å²) in [6, 6.07) is 7.90. The van der Waals surface area contributed by atoms with E-state index >= 15 is 0 Å². The van der Waals surface area contributed by atoms with Crippen molar-refractivity contribution in [2.45, 2.75) is 6.42 Å². The molecule has 18 heavy (non-hydrogen) atoms. The maximum atomic E-state index is 11.4. The van der Waals surface area contributed by atoms with Gasteiger partial charge in [-0.15, -0.1) is 11.3 Å². The van der Waals surface area contributed by atoms with Gasteiger partial charge in [-0.05, 0) is 29.8 Å². The smallest absolute Gasteiger partial charge is 0.226 e. The zero-order valence-electron chi connectivity index (χ0n) is 9.27. The maximum absolute atomic E-state index is 11.4. The highest BCUT2D eigenvalue weighted by Gasteiger charge is 2.20. The van der Waals surface area contributed by atoms with E-state index in [0.717, 1.165) is 27.1 Å². The van der Waals surface area contributed by atoms with E-state index in [9.17, 15) is 4.79 Å². The fourth-order valence-corrected chi connectivity index (χ4v) is 3.64. The molecule has 5 heteroatoms. The van der Waals surface area contributed by atoms with E-state index in [4.69, 9.17) is 4.74 Å². The second kappa shape index (κ2) is 4.72. The summed E-state index contributed by atoms with van der Waals surface area (Å²) in [5.41, 5.74) is 2.22. The summed E-state index contributed by atoms with van der Waals surface area (Å²) in [4.78, 5) is 13.2. The molecule has 1 aliphatic rings. The van der Waals surface area contributed by atoms with Crippen LogP contribution in [0.1, 0.15) is 15.2 Å². The molecule has 0 saturated heterocycles. The van der Waals surface area contributed by atoms with Crippen LogP contribution in [0.4, 0.5) is 0 Å². The average Bonchev–Trinajstić information content (AvgIpc) is 2.67. The third-order valence-corrected chi connectivity index (χ3v) is 4.93. The Morgan fingerprint density at radius 2 is 2.22 bits per heavy atom. The molecule has 2 nitrogen and oxygen atoms in total. The number of thiophene rings is 1. The van der Waals surface area contributed by atoms with E-state index in [1.54, 1.807) is 0 Å². The number of hydrogen-bond donors (Lipinski definition) is 1. The van der Waals surface area contributed by atoms with Crippen molar-refractivity contribution in [1.29, 1.82) is 0 Å². The first-order valence-corrected chi connectivity index (χ1v) is 7.49. The Morgan fingerprint density at radius 1 is 1.39 bits per heavy atom. The summed E-state index contributed by atoms with van der Waals surface area (Å²) in [6.45, 7) is 0.632. The Morgan fingerprint density at radius 3 is 3.00 bits per heavy atom. The highest BCUT2D eigenvalue weighted by Crippen LogP contribution is 2.41. The van der Waals surface area contributed by atoms with Crippen molar-refractivity contribution >= 4 is 45.0 Å². The van der Waals surface area contributed by atoms with E-state index in [2.05, 4.69) is 28.6 Å². The van der Waals surface area contributed by atoms with E-state index in [-0.39, 0.29) is 5.12 Å². The Balaban J connectivity index is 2.20. The first-order chi connectivity index (χ1) is 8.65. The molecule has 0 unspecified atom stereocenters. The standard InChI is InChI=1S/C13H9BrO2S2/c14-8-1-2-9-10(6-8)16-4-3-7-5-11(13(15)17)18-12(7)9/h1-2,5-6H,3-4H2,(H,15,17). The molecule has 3 rings (SSSR count). The second-order valence-corrected chi connectivity index (χ2v) is 6.38. The minimum Gasteiger partial charge on any atom is -0.493 e. The topological polar surface area (TPSA) is 26.3 Å². The number of thiol groups is 1. The lowest BCUT2D eigenvalue weighted by Crippen LogP contribution is -1.98. The molecular formula is C13H9BrO2S2. The number of halogens is 1. The SMILES string of the molecule is O=C(S)c1cc2c(s1)-c1ccc(Br)cc1OCC2. The minimum atomic E-state index is -0.173. The summed E-state index contributed by atoms with van der Waals surface area (Å²) >= 11 is 8.82. The Labute approximate surface area is 123 Å². The number of carbonyl (C=O) groups is 1. The third-order valence-electron chi connectivity index (χ3n) is 2.84. The van der Waals surface area contributed by atoms with Gasteiger partial charge in [-0.2, -0.15) is 0 Å². The van der Waals surface area contributed by atoms with Crippen LogP contribution in [0.3, 0.4) is 0 Å². The van der Waals surface area contributed by atoms with Crippen molar-refractivity contribution in [3.63, 3.8) is 0 Å². The zero-order chi connectivity index (χ0) is 12.7. The molecule has 2 heterocycles. The summed E-state index contributed by atoms with van der Waals surface area (Å²) in [7, 11) is 0. The van der Waals surface area contributed by atoms with E-state index in [0.29, 0.717) is 11.5 Å².